The van der Waals surface area contributed by atoms with Crippen LogP contribution in [0.3, 0.4) is 0 Å². The smallest absolute Gasteiger partial charge is 0.411 e. The van der Waals surface area contributed by atoms with Gasteiger partial charge in [-0.25, -0.2) is 4.79 Å². The van der Waals surface area contributed by atoms with E-state index in [1.165, 1.54) is 0 Å². The minimum atomic E-state index is -0.380. The molecule has 1 fully saturated rings. The van der Waals surface area contributed by atoms with Gasteiger partial charge in [0.2, 0.25) is 0 Å². The van der Waals surface area contributed by atoms with Crippen molar-refractivity contribution < 1.29 is 9.53 Å². The molecule has 0 radical (unpaired) electrons. The lowest BCUT2D eigenvalue weighted by molar-refractivity contribution is 0.0942. The molecule has 0 bridgehead atoms. The van der Waals surface area contributed by atoms with Crippen LogP contribution in [0, 0.1) is 0 Å². The van der Waals surface area contributed by atoms with Crippen molar-refractivity contribution >= 4 is 22.6 Å². The van der Waals surface area contributed by atoms with Gasteiger partial charge in [-0.1, -0.05) is 36.4 Å². The lowest BCUT2D eigenvalue weighted by atomic mass is 10.1. The molecule has 20 heavy (non-hydrogen) atoms. The highest BCUT2D eigenvalue weighted by molar-refractivity contribution is 6.00. The highest BCUT2D eigenvalue weighted by Gasteiger charge is 2.17. The van der Waals surface area contributed by atoms with Crippen LogP contribution in [0.5, 0.6) is 0 Å². The normalized spacial score (nSPS) is 18.7. The second-order valence-electron chi connectivity index (χ2n) is 5.03. The first-order chi connectivity index (χ1) is 9.83. The molecule has 0 unspecified atom stereocenters. The Morgan fingerprint density at radius 3 is 2.90 bits per heavy atom. The van der Waals surface area contributed by atoms with E-state index < -0.39 is 0 Å². The monoisotopic (exact) mass is 270 g/mol. The summed E-state index contributed by atoms with van der Waals surface area (Å²) >= 11 is 0. The van der Waals surface area contributed by atoms with Gasteiger partial charge in [0.25, 0.3) is 0 Å². The van der Waals surface area contributed by atoms with Crippen molar-refractivity contribution in [1.29, 1.82) is 0 Å². The number of hydrogen-bond donors (Lipinski definition) is 2. The molecular formula is C16H18N2O2. The molecule has 0 saturated carbocycles. The average molecular weight is 270 g/mol. The van der Waals surface area contributed by atoms with Crippen LogP contribution in [0.15, 0.2) is 42.5 Å². The Morgan fingerprint density at radius 1 is 1.20 bits per heavy atom. The molecule has 0 spiro atoms. The lowest BCUT2D eigenvalue weighted by Crippen LogP contribution is -2.37. The van der Waals surface area contributed by atoms with Gasteiger partial charge >= 0.3 is 6.09 Å². The summed E-state index contributed by atoms with van der Waals surface area (Å²) in [5, 5.41) is 8.20. The van der Waals surface area contributed by atoms with Crippen molar-refractivity contribution in [3.05, 3.63) is 42.5 Å². The number of carbonyl (C=O) groups excluding carboxylic acids is 1. The number of anilines is 1. The van der Waals surface area contributed by atoms with E-state index in [1.54, 1.807) is 0 Å². The maximum Gasteiger partial charge on any atom is 0.411 e. The molecule has 4 heteroatoms. The largest absolute Gasteiger partial charge is 0.445 e. The summed E-state index contributed by atoms with van der Waals surface area (Å²) in [5.74, 6) is 0. The Kier molecular flexibility index (Phi) is 3.83. The van der Waals surface area contributed by atoms with Crippen LogP contribution in [-0.4, -0.2) is 25.3 Å². The summed E-state index contributed by atoms with van der Waals surface area (Å²) in [6.45, 7) is 1.74. The number of amides is 1. The molecule has 1 saturated heterocycles. The molecule has 1 aliphatic rings. The number of fused-ring (bicyclic) bond motifs is 1. The van der Waals surface area contributed by atoms with E-state index in [2.05, 4.69) is 10.6 Å². The van der Waals surface area contributed by atoms with E-state index in [4.69, 9.17) is 4.74 Å². The molecular weight excluding hydrogens is 252 g/mol. The van der Waals surface area contributed by atoms with Crippen LogP contribution in [0.4, 0.5) is 10.5 Å². The molecule has 1 heterocycles. The molecule has 2 aromatic rings. The van der Waals surface area contributed by atoms with Crippen LogP contribution in [0.1, 0.15) is 12.8 Å². The fourth-order valence-electron chi connectivity index (χ4n) is 2.55. The van der Waals surface area contributed by atoms with Crippen molar-refractivity contribution in [3.63, 3.8) is 0 Å². The summed E-state index contributed by atoms with van der Waals surface area (Å²) < 4.78 is 5.43. The first-order valence-electron chi connectivity index (χ1n) is 6.99. The predicted molar refractivity (Wildman–Crippen MR) is 79.9 cm³/mol. The summed E-state index contributed by atoms with van der Waals surface area (Å²) in [4.78, 5) is 12.0. The maximum atomic E-state index is 12.0. The van der Waals surface area contributed by atoms with Crippen molar-refractivity contribution in [2.45, 2.75) is 18.9 Å². The number of rotatable bonds is 2. The number of benzene rings is 2. The number of nitrogens with one attached hydrogen (secondary N) is 2. The Hall–Kier alpha value is -2.07. The van der Waals surface area contributed by atoms with Gasteiger partial charge in [-0.3, -0.25) is 5.32 Å². The summed E-state index contributed by atoms with van der Waals surface area (Å²) in [6, 6.07) is 13.8. The van der Waals surface area contributed by atoms with Gasteiger partial charge in [-0.2, -0.15) is 0 Å². The SMILES string of the molecule is O=C(Nc1cccc2ccccc12)O[C@H]1CCCNC1. The maximum absolute atomic E-state index is 12.0. The molecule has 4 nitrogen and oxygen atoms in total. The first kappa shape index (κ1) is 12.9. The number of hydrogen-bond acceptors (Lipinski definition) is 3. The van der Waals surface area contributed by atoms with Crippen LogP contribution < -0.4 is 10.6 Å². The van der Waals surface area contributed by atoms with Gasteiger partial charge < -0.3 is 10.1 Å². The molecule has 1 amide bonds. The topological polar surface area (TPSA) is 50.4 Å². The minimum absolute atomic E-state index is 0.0290. The van der Waals surface area contributed by atoms with Crippen LogP contribution in [-0.2, 0) is 4.74 Å². The van der Waals surface area contributed by atoms with Crippen LogP contribution >= 0.6 is 0 Å². The highest BCUT2D eigenvalue weighted by Crippen LogP contribution is 2.23. The average Bonchev–Trinajstić information content (AvgIpc) is 2.48. The van der Waals surface area contributed by atoms with Crippen LogP contribution in [0.25, 0.3) is 10.8 Å². The van der Waals surface area contributed by atoms with Gasteiger partial charge in [-0.15, -0.1) is 0 Å². The third-order valence-electron chi connectivity index (χ3n) is 3.55. The fraction of sp³-hybridized carbons (Fsp3) is 0.312. The Labute approximate surface area is 118 Å². The van der Waals surface area contributed by atoms with Crippen LogP contribution in [0.2, 0.25) is 0 Å². The van der Waals surface area contributed by atoms with Crippen molar-refractivity contribution in [1.82, 2.24) is 5.32 Å². The minimum Gasteiger partial charge on any atom is -0.445 e. The molecule has 1 atom stereocenters. The number of piperidine rings is 1. The van der Waals surface area contributed by atoms with E-state index >= 15 is 0 Å². The van der Waals surface area contributed by atoms with Gasteiger partial charge in [0.1, 0.15) is 6.10 Å². The molecule has 104 valence electrons. The number of carbonyl (C=O) groups is 1. The Bertz CT molecular complexity index is 601. The summed E-state index contributed by atoms with van der Waals surface area (Å²) in [6.07, 6.45) is 1.57. The molecule has 3 rings (SSSR count). The van der Waals surface area contributed by atoms with Gasteiger partial charge in [0, 0.05) is 11.9 Å². The zero-order chi connectivity index (χ0) is 13.8. The van der Waals surface area contributed by atoms with Crippen molar-refractivity contribution in [2.24, 2.45) is 0 Å². The van der Waals surface area contributed by atoms with Crippen molar-refractivity contribution in [3.8, 4) is 0 Å². The Morgan fingerprint density at radius 2 is 2.05 bits per heavy atom. The molecule has 2 N–H and O–H groups in total. The predicted octanol–water partition coefficient (Wildman–Crippen LogP) is 3.14. The standard InChI is InChI=1S/C16H18N2O2/c19-16(20-13-7-4-10-17-11-13)18-15-9-3-6-12-5-1-2-8-14(12)15/h1-3,5-6,8-9,13,17H,4,7,10-11H2,(H,18,19)/t13-/m0/s1. The molecule has 1 aliphatic heterocycles. The molecule has 0 aliphatic carbocycles. The molecule has 2 aromatic carbocycles. The highest BCUT2D eigenvalue weighted by atomic mass is 16.6. The fourth-order valence-corrected chi connectivity index (χ4v) is 2.55. The zero-order valence-corrected chi connectivity index (χ0v) is 11.3. The van der Waals surface area contributed by atoms with E-state index in [9.17, 15) is 4.79 Å². The quantitative estimate of drug-likeness (QED) is 0.881. The Balaban J connectivity index is 1.71. The molecule has 0 aromatic heterocycles. The number of ether oxygens (including phenoxy) is 1. The third kappa shape index (κ3) is 2.91. The van der Waals surface area contributed by atoms with E-state index in [1.807, 2.05) is 42.5 Å². The first-order valence-corrected chi connectivity index (χ1v) is 6.99. The second kappa shape index (κ2) is 5.92. The third-order valence-corrected chi connectivity index (χ3v) is 3.55. The summed E-state index contributed by atoms with van der Waals surface area (Å²) in [7, 11) is 0. The zero-order valence-electron chi connectivity index (χ0n) is 11.3. The van der Waals surface area contributed by atoms with E-state index in [-0.39, 0.29) is 12.2 Å². The second-order valence-corrected chi connectivity index (χ2v) is 5.03. The van der Waals surface area contributed by atoms with Crippen molar-refractivity contribution in [2.75, 3.05) is 18.4 Å². The van der Waals surface area contributed by atoms with Gasteiger partial charge in [0.05, 0.1) is 5.69 Å². The lowest BCUT2D eigenvalue weighted by Gasteiger charge is -2.23. The van der Waals surface area contributed by atoms with Gasteiger partial charge in [0.15, 0.2) is 0 Å². The van der Waals surface area contributed by atoms with E-state index in [0.717, 1.165) is 42.4 Å². The van der Waals surface area contributed by atoms with Gasteiger partial charge in [-0.05, 0) is 30.8 Å². The summed E-state index contributed by atoms with van der Waals surface area (Å²) in [5.41, 5.74) is 0.789. The van der Waals surface area contributed by atoms with E-state index in [0.29, 0.717) is 0 Å².